The molecule has 0 spiro atoms. The smallest absolute Gasteiger partial charge is 0.166 e. The van der Waals surface area contributed by atoms with Crippen molar-refractivity contribution in [3.63, 3.8) is 0 Å². The van der Waals surface area contributed by atoms with Crippen LogP contribution in [0.5, 0.6) is 5.75 Å². The molecule has 3 heteroatoms. The molecule has 0 unspecified atom stereocenters. The molecule has 0 aliphatic rings. The fourth-order valence-corrected chi connectivity index (χ4v) is 1.13. The molecule has 0 atom stereocenters. The fraction of sp³-hybridized carbons (Fsp3) is 0.200. The highest BCUT2D eigenvalue weighted by Crippen LogP contribution is 2.21. The third-order valence-corrected chi connectivity index (χ3v) is 1.86. The Balaban J connectivity index is 2.72. The van der Waals surface area contributed by atoms with E-state index in [1.165, 1.54) is 6.07 Å². The van der Waals surface area contributed by atoms with Gasteiger partial charge in [-0.2, -0.15) is 0 Å². The van der Waals surface area contributed by atoms with Crippen molar-refractivity contribution in [3.8, 4) is 5.75 Å². The van der Waals surface area contributed by atoms with E-state index in [1.807, 2.05) is 6.92 Å². The van der Waals surface area contributed by atoms with Gasteiger partial charge in [0.05, 0.1) is 0 Å². The molecule has 0 aliphatic heterocycles. The van der Waals surface area contributed by atoms with Crippen molar-refractivity contribution in [3.05, 3.63) is 40.6 Å². The summed E-state index contributed by atoms with van der Waals surface area (Å²) in [4.78, 5) is 0. The zero-order valence-electron chi connectivity index (χ0n) is 7.31. The first-order valence-corrected chi connectivity index (χ1v) is 4.61. The summed E-state index contributed by atoms with van der Waals surface area (Å²) >= 11 is 3.16. The van der Waals surface area contributed by atoms with Gasteiger partial charge in [-0.15, -0.1) is 0 Å². The van der Waals surface area contributed by atoms with Gasteiger partial charge in [0.15, 0.2) is 11.6 Å². The maximum atomic E-state index is 13.1. The van der Waals surface area contributed by atoms with E-state index < -0.39 is 0 Å². The molecule has 0 radical (unpaired) electrons. The average Bonchev–Trinajstić information content (AvgIpc) is 2.02. The fourth-order valence-electron chi connectivity index (χ4n) is 0.793. The summed E-state index contributed by atoms with van der Waals surface area (Å²) in [5.74, 6) is -0.109. The summed E-state index contributed by atoms with van der Waals surface area (Å²) in [6, 6.07) is 4.69. The minimum Gasteiger partial charge on any atom is -0.486 e. The van der Waals surface area contributed by atoms with E-state index in [0.29, 0.717) is 11.1 Å². The van der Waals surface area contributed by atoms with Crippen molar-refractivity contribution >= 4 is 15.9 Å². The van der Waals surface area contributed by atoms with Crippen LogP contribution in [0.4, 0.5) is 4.39 Å². The van der Waals surface area contributed by atoms with Crippen LogP contribution >= 0.6 is 15.9 Å². The number of benzene rings is 1. The summed E-state index contributed by atoms with van der Waals surface area (Å²) in [5, 5.41) is 0. The summed E-state index contributed by atoms with van der Waals surface area (Å²) in [6.07, 6.45) is 0. The molecule has 1 nitrogen and oxygen atoms in total. The number of ether oxygens (including phenoxy) is 1. The molecule has 1 rings (SSSR count). The second-order valence-electron chi connectivity index (χ2n) is 2.82. The first-order chi connectivity index (χ1) is 6.09. The monoisotopic (exact) mass is 244 g/mol. The number of hydrogen-bond donors (Lipinski definition) is 0. The highest BCUT2D eigenvalue weighted by atomic mass is 79.9. The van der Waals surface area contributed by atoms with Gasteiger partial charge in [0, 0.05) is 4.47 Å². The van der Waals surface area contributed by atoms with Crippen LogP contribution in [0.25, 0.3) is 0 Å². The molecule has 0 bridgehead atoms. The Kier molecular flexibility index (Phi) is 3.48. The van der Waals surface area contributed by atoms with Gasteiger partial charge in [0.2, 0.25) is 0 Å². The molecular weight excluding hydrogens is 235 g/mol. The summed E-state index contributed by atoms with van der Waals surface area (Å²) < 4.78 is 19.0. The molecule has 1 aromatic carbocycles. The second kappa shape index (κ2) is 4.42. The number of rotatable bonds is 3. The van der Waals surface area contributed by atoms with E-state index in [4.69, 9.17) is 4.74 Å². The van der Waals surface area contributed by atoms with Crippen LogP contribution in [0.3, 0.4) is 0 Å². The van der Waals surface area contributed by atoms with Crippen LogP contribution in [0, 0.1) is 5.82 Å². The maximum Gasteiger partial charge on any atom is 0.166 e. The van der Waals surface area contributed by atoms with Crippen molar-refractivity contribution < 1.29 is 9.13 Å². The molecule has 13 heavy (non-hydrogen) atoms. The summed E-state index contributed by atoms with van der Waals surface area (Å²) in [5.41, 5.74) is 0.863. The Labute approximate surface area is 85.3 Å². The number of hydrogen-bond acceptors (Lipinski definition) is 1. The Morgan fingerprint density at radius 1 is 1.62 bits per heavy atom. The zero-order chi connectivity index (χ0) is 9.84. The quantitative estimate of drug-likeness (QED) is 0.740. The van der Waals surface area contributed by atoms with Gasteiger partial charge < -0.3 is 4.74 Å². The second-order valence-corrected chi connectivity index (χ2v) is 3.74. The first kappa shape index (κ1) is 10.3. The SMILES string of the molecule is C=C(C)COc1ccc(Br)cc1F. The van der Waals surface area contributed by atoms with E-state index in [9.17, 15) is 4.39 Å². The Morgan fingerprint density at radius 3 is 2.85 bits per heavy atom. The first-order valence-electron chi connectivity index (χ1n) is 3.82. The minimum atomic E-state index is -0.365. The highest BCUT2D eigenvalue weighted by molar-refractivity contribution is 9.10. The topological polar surface area (TPSA) is 9.23 Å². The largest absolute Gasteiger partial charge is 0.486 e. The van der Waals surface area contributed by atoms with Crippen LogP contribution in [-0.4, -0.2) is 6.61 Å². The predicted octanol–water partition coefficient (Wildman–Crippen LogP) is 3.54. The van der Waals surface area contributed by atoms with Gasteiger partial charge >= 0.3 is 0 Å². The van der Waals surface area contributed by atoms with E-state index in [1.54, 1.807) is 12.1 Å². The van der Waals surface area contributed by atoms with Crippen LogP contribution in [0.1, 0.15) is 6.92 Å². The lowest BCUT2D eigenvalue weighted by Crippen LogP contribution is -1.99. The van der Waals surface area contributed by atoms with Gasteiger partial charge in [-0.1, -0.05) is 22.5 Å². The summed E-state index contributed by atoms with van der Waals surface area (Å²) in [6.45, 7) is 5.84. The van der Waals surface area contributed by atoms with Gasteiger partial charge in [0.1, 0.15) is 6.61 Å². The third-order valence-electron chi connectivity index (χ3n) is 1.37. The highest BCUT2D eigenvalue weighted by Gasteiger charge is 2.02. The van der Waals surface area contributed by atoms with Gasteiger partial charge in [-0.25, -0.2) is 4.39 Å². The summed E-state index contributed by atoms with van der Waals surface area (Å²) in [7, 11) is 0. The molecule has 0 N–H and O–H groups in total. The van der Waals surface area contributed by atoms with E-state index in [2.05, 4.69) is 22.5 Å². The zero-order valence-corrected chi connectivity index (χ0v) is 8.90. The number of halogens is 2. The van der Waals surface area contributed by atoms with Gasteiger partial charge in [0.25, 0.3) is 0 Å². The van der Waals surface area contributed by atoms with Crippen LogP contribution in [0.15, 0.2) is 34.8 Å². The van der Waals surface area contributed by atoms with Crippen molar-refractivity contribution in [2.75, 3.05) is 6.61 Å². The molecule has 0 amide bonds. The third kappa shape index (κ3) is 3.19. The van der Waals surface area contributed by atoms with Crippen LogP contribution < -0.4 is 4.74 Å². The van der Waals surface area contributed by atoms with E-state index in [0.717, 1.165) is 5.57 Å². The van der Waals surface area contributed by atoms with E-state index >= 15 is 0 Å². The van der Waals surface area contributed by atoms with Crippen molar-refractivity contribution in [2.45, 2.75) is 6.92 Å². The molecule has 0 aromatic heterocycles. The van der Waals surface area contributed by atoms with Crippen molar-refractivity contribution in [2.24, 2.45) is 0 Å². The van der Waals surface area contributed by atoms with E-state index in [-0.39, 0.29) is 11.6 Å². The van der Waals surface area contributed by atoms with Crippen molar-refractivity contribution in [1.29, 1.82) is 0 Å². The predicted molar refractivity (Wildman–Crippen MR) is 54.4 cm³/mol. The normalized spacial score (nSPS) is 9.77. The minimum absolute atomic E-state index is 0.256. The molecule has 0 saturated carbocycles. The van der Waals surface area contributed by atoms with Gasteiger partial charge in [-0.3, -0.25) is 0 Å². The average molecular weight is 245 g/mol. The molecule has 70 valence electrons. The molecule has 0 aliphatic carbocycles. The molecule has 1 aromatic rings. The Bertz CT molecular complexity index is 323. The lowest BCUT2D eigenvalue weighted by Gasteiger charge is -2.06. The van der Waals surface area contributed by atoms with Crippen LogP contribution in [-0.2, 0) is 0 Å². The lowest BCUT2D eigenvalue weighted by atomic mass is 10.3. The Hall–Kier alpha value is -0.830. The maximum absolute atomic E-state index is 13.1. The lowest BCUT2D eigenvalue weighted by molar-refractivity contribution is 0.332. The van der Waals surface area contributed by atoms with Gasteiger partial charge in [-0.05, 0) is 30.7 Å². The van der Waals surface area contributed by atoms with Crippen molar-refractivity contribution in [1.82, 2.24) is 0 Å². The molecule has 0 saturated heterocycles. The molecular formula is C10H10BrFO. The molecule has 0 heterocycles. The molecule has 0 fully saturated rings. The Morgan fingerprint density at radius 2 is 2.31 bits per heavy atom. The standard InChI is InChI=1S/C10H10BrFO/c1-7(2)6-13-10-4-3-8(11)5-9(10)12/h3-5H,1,6H2,2H3. The van der Waals surface area contributed by atoms with Crippen LogP contribution in [0.2, 0.25) is 0 Å².